The van der Waals surface area contributed by atoms with Gasteiger partial charge < -0.3 is 18.9 Å². The molecule has 0 aliphatic carbocycles. The maximum atomic E-state index is 13.8. The van der Waals surface area contributed by atoms with Crippen LogP contribution < -0.4 is 29.1 Å². The Labute approximate surface area is 225 Å². The number of esters is 1. The number of rotatable bonds is 9. The summed E-state index contributed by atoms with van der Waals surface area (Å²) in [6, 6.07) is 12.1. The molecule has 0 N–H and O–H groups in total. The Hall–Kier alpha value is -3.85. The predicted molar refractivity (Wildman–Crippen MR) is 147 cm³/mol. The summed E-state index contributed by atoms with van der Waals surface area (Å²) in [7, 11) is 3.15. The van der Waals surface area contributed by atoms with Crippen LogP contribution in [-0.4, -0.2) is 38.0 Å². The van der Waals surface area contributed by atoms with Crippen molar-refractivity contribution in [2.75, 3.05) is 27.4 Å². The van der Waals surface area contributed by atoms with Crippen molar-refractivity contribution in [3.8, 4) is 17.2 Å². The highest BCUT2D eigenvalue weighted by molar-refractivity contribution is 7.07. The van der Waals surface area contributed by atoms with Crippen molar-refractivity contribution in [1.82, 2.24) is 4.57 Å². The van der Waals surface area contributed by atoms with E-state index in [1.807, 2.05) is 36.4 Å². The molecular weight excluding hydrogens is 504 g/mol. The number of carbonyl (C=O) groups is 1. The van der Waals surface area contributed by atoms with Gasteiger partial charge in [0, 0.05) is 5.56 Å². The second kappa shape index (κ2) is 11.7. The lowest BCUT2D eigenvalue weighted by molar-refractivity contribution is -0.139. The lowest BCUT2D eigenvalue weighted by atomic mass is 9.95. The number of benzene rings is 2. The molecule has 1 aliphatic heterocycles. The van der Waals surface area contributed by atoms with Crippen LogP contribution in [0.4, 0.5) is 0 Å². The molecule has 0 bridgehead atoms. The standard InChI is InChI=1S/C29H32N2O6S/c1-7-36-28(33)25-18(4)30-29-31(26(25)20-10-8-9-11-21(20)34-5)27(32)24(38-29)15-19-12-13-22(23(14-19)35-6)37-16-17(2)3/h8-15,17,26H,7,16H2,1-6H3. The molecule has 200 valence electrons. The van der Waals surface area contributed by atoms with Gasteiger partial charge >= 0.3 is 5.97 Å². The van der Waals surface area contributed by atoms with E-state index in [4.69, 9.17) is 18.9 Å². The molecule has 3 aromatic rings. The third-order valence-electron chi connectivity index (χ3n) is 6.01. The van der Waals surface area contributed by atoms with E-state index in [-0.39, 0.29) is 12.2 Å². The minimum Gasteiger partial charge on any atom is -0.496 e. The highest BCUT2D eigenvalue weighted by atomic mass is 32.1. The summed E-state index contributed by atoms with van der Waals surface area (Å²) in [6.07, 6.45) is 1.79. The highest BCUT2D eigenvalue weighted by Gasteiger charge is 2.34. The van der Waals surface area contributed by atoms with Gasteiger partial charge in [0.25, 0.3) is 5.56 Å². The van der Waals surface area contributed by atoms with Gasteiger partial charge in [-0.15, -0.1) is 0 Å². The Morgan fingerprint density at radius 2 is 1.84 bits per heavy atom. The number of hydrogen-bond donors (Lipinski definition) is 0. The molecule has 1 aromatic heterocycles. The first-order valence-electron chi connectivity index (χ1n) is 12.4. The van der Waals surface area contributed by atoms with Crippen molar-refractivity contribution in [3.05, 3.63) is 84.5 Å². The summed E-state index contributed by atoms with van der Waals surface area (Å²) in [5, 5.41) is 0. The van der Waals surface area contributed by atoms with Gasteiger partial charge in [-0.1, -0.05) is 49.4 Å². The molecule has 38 heavy (non-hydrogen) atoms. The summed E-state index contributed by atoms with van der Waals surface area (Å²) >= 11 is 1.26. The van der Waals surface area contributed by atoms with E-state index in [9.17, 15) is 9.59 Å². The van der Waals surface area contributed by atoms with E-state index in [0.29, 0.717) is 55.9 Å². The van der Waals surface area contributed by atoms with E-state index in [0.717, 1.165) is 5.56 Å². The first-order chi connectivity index (χ1) is 18.3. The molecule has 0 radical (unpaired) electrons. The van der Waals surface area contributed by atoms with Crippen LogP contribution in [0.1, 0.15) is 44.9 Å². The van der Waals surface area contributed by atoms with Gasteiger partial charge in [-0.2, -0.15) is 0 Å². The zero-order chi connectivity index (χ0) is 27.4. The molecule has 8 nitrogen and oxygen atoms in total. The van der Waals surface area contributed by atoms with E-state index in [1.165, 1.54) is 11.3 Å². The Bertz CT molecular complexity index is 1550. The van der Waals surface area contributed by atoms with Crippen LogP contribution in [0.5, 0.6) is 17.2 Å². The number of thiazole rings is 1. The zero-order valence-electron chi connectivity index (χ0n) is 22.4. The smallest absolute Gasteiger partial charge is 0.338 e. The molecule has 0 amide bonds. The summed E-state index contributed by atoms with van der Waals surface area (Å²) in [6.45, 7) is 8.43. The molecule has 1 atom stereocenters. The van der Waals surface area contributed by atoms with Crippen molar-refractivity contribution >= 4 is 23.4 Å². The molecule has 1 unspecified atom stereocenters. The molecule has 9 heteroatoms. The molecule has 0 saturated heterocycles. The SMILES string of the molecule is CCOC(=O)C1=C(C)N=c2sc(=Cc3ccc(OCC(C)C)c(OC)c3)c(=O)n2C1c1ccccc1OC. The van der Waals surface area contributed by atoms with Crippen LogP contribution in [0, 0.1) is 5.92 Å². The largest absolute Gasteiger partial charge is 0.496 e. The number of carbonyl (C=O) groups excluding carboxylic acids is 1. The predicted octanol–water partition coefficient (Wildman–Crippen LogP) is 3.85. The first-order valence-corrected chi connectivity index (χ1v) is 13.2. The molecule has 1 aliphatic rings. The molecule has 0 saturated carbocycles. The van der Waals surface area contributed by atoms with Gasteiger partial charge in [0.05, 0.1) is 43.2 Å². The minimum absolute atomic E-state index is 0.206. The minimum atomic E-state index is -0.745. The number of ether oxygens (including phenoxy) is 4. The Morgan fingerprint density at radius 3 is 2.53 bits per heavy atom. The number of allylic oxidation sites excluding steroid dienone is 1. The average molecular weight is 537 g/mol. The summed E-state index contributed by atoms with van der Waals surface area (Å²) in [4.78, 5) is 32.0. The quantitative estimate of drug-likeness (QED) is 0.386. The summed E-state index contributed by atoms with van der Waals surface area (Å²) < 4.78 is 24.4. The zero-order valence-corrected chi connectivity index (χ0v) is 23.3. The number of fused-ring (bicyclic) bond motifs is 1. The van der Waals surface area contributed by atoms with Gasteiger partial charge in [-0.25, -0.2) is 9.79 Å². The van der Waals surface area contributed by atoms with E-state index in [2.05, 4.69) is 18.8 Å². The monoisotopic (exact) mass is 536 g/mol. The fraction of sp³-hybridized carbons (Fsp3) is 0.345. The van der Waals surface area contributed by atoms with Gasteiger partial charge in [0.15, 0.2) is 16.3 Å². The maximum absolute atomic E-state index is 13.8. The fourth-order valence-electron chi connectivity index (χ4n) is 4.28. The van der Waals surface area contributed by atoms with E-state index < -0.39 is 12.0 Å². The highest BCUT2D eigenvalue weighted by Crippen LogP contribution is 2.35. The number of aromatic nitrogens is 1. The summed E-state index contributed by atoms with van der Waals surface area (Å²) in [5.41, 5.74) is 2.00. The molecule has 4 rings (SSSR count). The van der Waals surface area contributed by atoms with Crippen LogP contribution in [0.25, 0.3) is 6.08 Å². The number of para-hydroxylation sites is 1. The van der Waals surface area contributed by atoms with Crippen LogP contribution in [0.3, 0.4) is 0 Å². The molecule has 0 fully saturated rings. The van der Waals surface area contributed by atoms with Crippen LogP contribution in [0.15, 0.2) is 63.5 Å². The third-order valence-corrected chi connectivity index (χ3v) is 6.99. The topological polar surface area (TPSA) is 88.4 Å². The van der Waals surface area contributed by atoms with Crippen LogP contribution in [-0.2, 0) is 9.53 Å². The van der Waals surface area contributed by atoms with Gasteiger partial charge in [-0.05, 0) is 49.6 Å². The number of nitrogens with zero attached hydrogens (tertiary/aromatic N) is 2. The first kappa shape index (κ1) is 27.2. The fourth-order valence-corrected chi connectivity index (χ4v) is 5.33. The van der Waals surface area contributed by atoms with Gasteiger partial charge in [0.2, 0.25) is 0 Å². The van der Waals surface area contributed by atoms with Gasteiger partial charge in [-0.3, -0.25) is 9.36 Å². The Balaban J connectivity index is 1.87. The van der Waals surface area contributed by atoms with Gasteiger partial charge in [0.1, 0.15) is 11.8 Å². The Morgan fingerprint density at radius 1 is 1.11 bits per heavy atom. The van der Waals surface area contributed by atoms with Crippen LogP contribution >= 0.6 is 11.3 Å². The molecule has 2 aromatic carbocycles. The van der Waals surface area contributed by atoms with Crippen molar-refractivity contribution in [2.24, 2.45) is 10.9 Å². The number of hydrogen-bond acceptors (Lipinski definition) is 8. The Kier molecular flexibility index (Phi) is 8.36. The normalized spacial score (nSPS) is 15.2. The van der Waals surface area contributed by atoms with Crippen LogP contribution in [0.2, 0.25) is 0 Å². The van der Waals surface area contributed by atoms with Crippen molar-refractivity contribution < 1.29 is 23.7 Å². The molecular formula is C29H32N2O6S. The lowest BCUT2D eigenvalue weighted by Gasteiger charge is -2.25. The third kappa shape index (κ3) is 5.38. The van der Waals surface area contributed by atoms with Crippen molar-refractivity contribution in [3.63, 3.8) is 0 Å². The van der Waals surface area contributed by atoms with Crippen molar-refractivity contribution in [2.45, 2.75) is 33.7 Å². The van der Waals surface area contributed by atoms with Crippen molar-refractivity contribution in [1.29, 1.82) is 0 Å². The molecule has 0 spiro atoms. The second-order valence-electron chi connectivity index (χ2n) is 9.16. The summed E-state index contributed by atoms with van der Waals surface area (Å²) in [5.74, 6) is 1.65. The lowest BCUT2D eigenvalue weighted by Crippen LogP contribution is -2.40. The second-order valence-corrected chi connectivity index (χ2v) is 10.2. The number of methoxy groups -OCH3 is 2. The van der Waals surface area contributed by atoms with E-state index in [1.54, 1.807) is 44.8 Å². The van der Waals surface area contributed by atoms with E-state index >= 15 is 0 Å². The molecule has 2 heterocycles. The maximum Gasteiger partial charge on any atom is 0.338 e. The average Bonchev–Trinajstić information content (AvgIpc) is 3.20.